The third-order valence-corrected chi connectivity index (χ3v) is 4.99. The number of fused-ring (bicyclic) bond motifs is 1. The zero-order valence-electron chi connectivity index (χ0n) is 13.8. The Morgan fingerprint density at radius 1 is 1.04 bits per heavy atom. The van der Waals surface area contributed by atoms with Crippen LogP contribution in [0.4, 0.5) is 0 Å². The van der Waals surface area contributed by atoms with Crippen LogP contribution in [-0.4, -0.2) is 20.5 Å². The second-order valence-corrected chi connectivity index (χ2v) is 7.00. The Bertz CT molecular complexity index is 1020. The van der Waals surface area contributed by atoms with Gasteiger partial charge in [0.15, 0.2) is 11.5 Å². The molecule has 0 bridgehead atoms. The van der Waals surface area contributed by atoms with Crippen molar-refractivity contribution in [2.45, 2.75) is 25.7 Å². The maximum absolute atomic E-state index is 12.6. The molecule has 0 aliphatic heterocycles. The van der Waals surface area contributed by atoms with E-state index in [1.807, 2.05) is 13.8 Å². The van der Waals surface area contributed by atoms with Gasteiger partial charge in [-0.15, -0.1) is 0 Å². The molecule has 0 aliphatic carbocycles. The average molecular weight is 347 g/mol. The summed E-state index contributed by atoms with van der Waals surface area (Å²) in [6.07, 6.45) is 0. The number of hydrogen-bond acceptors (Lipinski definition) is 6. The number of nitrogens with zero attached hydrogens (tertiary/aromatic N) is 1. The van der Waals surface area contributed by atoms with E-state index in [1.54, 1.807) is 25.1 Å². The number of hydrogen-bond donors (Lipinski definition) is 0. The van der Waals surface area contributed by atoms with E-state index in [-0.39, 0.29) is 16.4 Å². The molecular weight excluding hydrogens is 330 g/mol. The lowest BCUT2D eigenvalue weighted by atomic mass is 10.1. The Morgan fingerprint density at radius 3 is 2.46 bits per heavy atom. The van der Waals surface area contributed by atoms with Gasteiger partial charge in [-0.2, -0.15) is 8.42 Å². The fourth-order valence-electron chi connectivity index (χ4n) is 2.36. The first kappa shape index (κ1) is 16.3. The van der Waals surface area contributed by atoms with Crippen LogP contribution in [0.5, 0.6) is 11.5 Å². The predicted molar refractivity (Wildman–Crippen MR) is 89.0 cm³/mol. The Morgan fingerprint density at radius 2 is 1.75 bits per heavy atom. The number of oxazole rings is 1. The van der Waals surface area contributed by atoms with Crippen LogP contribution in [0.3, 0.4) is 0 Å². The van der Waals surface area contributed by atoms with E-state index in [2.05, 4.69) is 4.98 Å². The number of methoxy groups -OCH3 is 1. The highest BCUT2D eigenvalue weighted by Crippen LogP contribution is 2.30. The van der Waals surface area contributed by atoms with Crippen molar-refractivity contribution in [3.8, 4) is 11.5 Å². The Hall–Kier alpha value is -2.54. The molecule has 126 valence electrons. The zero-order valence-corrected chi connectivity index (χ0v) is 14.6. The molecule has 0 fully saturated rings. The van der Waals surface area contributed by atoms with Crippen molar-refractivity contribution in [3.05, 3.63) is 47.3 Å². The molecule has 0 atom stereocenters. The molecule has 0 radical (unpaired) electrons. The summed E-state index contributed by atoms with van der Waals surface area (Å²) in [7, 11) is -2.62. The highest BCUT2D eigenvalue weighted by atomic mass is 32.2. The maximum Gasteiger partial charge on any atom is 0.342 e. The van der Waals surface area contributed by atoms with Crippen molar-refractivity contribution < 1.29 is 21.8 Å². The largest absolute Gasteiger partial charge is 0.495 e. The molecule has 0 spiro atoms. The topological polar surface area (TPSA) is 78.6 Å². The van der Waals surface area contributed by atoms with Crippen LogP contribution in [0.15, 0.2) is 39.6 Å². The molecule has 0 amide bonds. The molecule has 1 aromatic heterocycles. The number of rotatable bonds is 4. The Balaban J connectivity index is 2.02. The lowest BCUT2D eigenvalue weighted by Crippen LogP contribution is -2.12. The van der Waals surface area contributed by atoms with Crippen molar-refractivity contribution >= 4 is 21.2 Å². The zero-order chi connectivity index (χ0) is 17.5. The molecular formula is C17H17NO5S. The maximum atomic E-state index is 12.6. The molecule has 3 rings (SSSR count). The van der Waals surface area contributed by atoms with Crippen LogP contribution in [0, 0.1) is 20.8 Å². The molecule has 0 unspecified atom stereocenters. The summed E-state index contributed by atoms with van der Waals surface area (Å²) in [5, 5.41) is 0. The molecule has 0 saturated heterocycles. The summed E-state index contributed by atoms with van der Waals surface area (Å²) in [5.74, 6) is 0.898. The highest BCUT2D eigenvalue weighted by molar-refractivity contribution is 7.87. The molecule has 3 aromatic rings. The number of benzene rings is 2. The van der Waals surface area contributed by atoms with Crippen molar-refractivity contribution in [3.63, 3.8) is 0 Å². The van der Waals surface area contributed by atoms with Crippen LogP contribution in [0.2, 0.25) is 0 Å². The van der Waals surface area contributed by atoms with Gasteiger partial charge >= 0.3 is 10.1 Å². The summed E-state index contributed by atoms with van der Waals surface area (Å²) in [6, 6.07) is 7.90. The van der Waals surface area contributed by atoms with Gasteiger partial charge in [0.05, 0.1) is 7.11 Å². The van der Waals surface area contributed by atoms with E-state index in [9.17, 15) is 8.42 Å². The first-order chi connectivity index (χ1) is 11.3. The summed E-state index contributed by atoms with van der Waals surface area (Å²) in [5.41, 5.74) is 2.87. The minimum absolute atomic E-state index is 0.0121. The van der Waals surface area contributed by atoms with Crippen LogP contribution in [-0.2, 0) is 10.1 Å². The van der Waals surface area contributed by atoms with E-state index in [0.29, 0.717) is 17.0 Å². The van der Waals surface area contributed by atoms with E-state index < -0.39 is 10.1 Å². The van der Waals surface area contributed by atoms with Gasteiger partial charge in [0.1, 0.15) is 21.9 Å². The van der Waals surface area contributed by atoms with Gasteiger partial charge in [-0.1, -0.05) is 0 Å². The number of aryl methyl sites for hydroxylation is 3. The minimum atomic E-state index is -4.04. The second kappa shape index (κ2) is 5.83. The fourth-order valence-corrected chi connectivity index (χ4v) is 3.52. The number of aromatic nitrogens is 1. The fraction of sp³-hybridized carbons (Fsp3) is 0.235. The van der Waals surface area contributed by atoms with Crippen LogP contribution in [0.1, 0.15) is 17.0 Å². The lowest BCUT2D eigenvalue weighted by molar-refractivity contribution is 0.397. The molecule has 0 N–H and O–H groups in total. The molecule has 7 heteroatoms. The van der Waals surface area contributed by atoms with E-state index in [0.717, 1.165) is 11.1 Å². The third-order valence-electron chi connectivity index (χ3n) is 3.72. The van der Waals surface area contributed by atoms with Crippen LogP contribution < -0.4 is 8.92 Å². The van der Waals surface area contributed by atoms with Crippen LogP contribution in [0.25, 0.3) is 11.1 Å². The van der Waals surface area contributed by atoms with Gasteiger partial charge in [0.25, 0.3) is 0 Å². The standard InChI is InChI=1S/C17H17NO5S/c1-10-7-16(21-4)17(8-11(10)2)24(19,20)23-13-5-6-14-15(9-13)22-12(3)18-14/h5-9H,1-4H3. The summed E-state index contributed by atoms with van der Waals surface area (Å²) >= 11 is 0. The van der Waals surface area contributed by atoms with E-state index in [1.165, 1.54) is 19.2 Å². The minimum Gasteiger partial charge on any atom is -0.495 e. The van der Waals surface area contributed by atoms with Gasteiger partial charge in [-0.3, -0.25) is 0 Å². The smallest absolute Gasteiger partial charge is 0.342 e. The first-order valence-corrected chi connectivity index (χ1v) is 8.68. The molecule has 24 heavy (non-hydrogen) atoms. The summed E-state index contributed by atoms with van der Waals surface area (Å²) < 4.78 is 41.1. The Labute approximate surface area is 140 Å². The van der Waals surface area contributed by atoms with Gasteiger partial charge in [-0.05, 0) is 49.2 Å². The molecule has 6 nitrogen and oxygen atoms in total. The van der Waals surface area contributed by atoms with Gasteiger partial charge in [0, 0.05) is 13.0 Å². The SMILES string of the molecule is COc1cc(C)c(C)cc1S(=O)(=O)Oc1ccc2nc(C)oc2c1. The monoisotopic (exact) mass is 347 g/mol. The van der Waals surface area contributed by atoms with Gasteiger partial charge in [-0.25, -0.2) is 4.98 Å². The lowest BCUT2D eigenvalue weighted by Gasteiger charge is -2.13. The molecule has 0 aliphatic rings. The predicted octanol–water partition coefficient (Wildman–Crippen LogP) is 3.53. The van der Waals surface area contributed by atoms with Crippen molar-refractivity contribution in [2.75, 3.05) is 7.11 Å². The quantitative estimate of drug-likeness (QED) is 0.672. The van der Waals surface area contributed by atoms with Gasteiger partial charge in [0.2, 0.25) is 0 Å². The van der Waals surface area contributed by atoms with E-state index in [4.69, 9.17) is 13.3 Å². The van der Waals surface area contributed by atoms with Crippen LogP contribution >= 0.6 is 0 Å². The molecule has 1 heterocycles. The Kier molecular flexibility index (Phi) is 3.96. The molecule has 2 aromatic carbocycles. The normalized spacial score (nSPS) is 11.7. The summed E-state index contributed by atoms with van der Waals surface area (Å²) in [4.78, 5) is 4.15. The second-order valence-electron chi connectivity index (χ2n) is 5.49. The molecule has 0 saturated carbocycles. The first-order valence-electron chi connectivity index (χ1n) is 7.27. The average Bonchev–Trinajstić information content (AvgIpc) is 2.88. The third kappa shape index (κ3) is 2.94. The summed E-state index contributed by atoms with van der Waals surface area (Å²) in [6.45, 7) is 5.43. The van der Waals surface area contributed by atoms with Crippen molar-refractivity contribution in [1.29, 1.82) is 0 Å². The highest BCUT2D eigenvalue weighted by Gasteiger charge is 2.23. The van der Waals surface area contributed by atoms with Crippen molar-refractivity contribution in [2.24, 2.45) is 0 Å². The van der Waals surface area contributed by atoms with Crippen molar-refractivity contribution in [1.82, 2.24) is 4.98 Å². The number of ether oxygens (including phenoxy) is 1. The van der Waals surface area contributed by atoms with Gasteiger partial charge < -0.3 is 13.3 Å². The van der Waals surface area contributed by atoms with E-state index >= 15 is 0 Å².